The Bertz CT molecular complexity index is 1360. The van der Waals surface area contributed by atoms with Crippen LogP contribution in [0.5, 0.6) is 0 Å². The molecule has 4 rings (SSSR count). The number of nitrogens with two attached hydrogens (primary N) is 1. The quantitative estimate of drug-likeness (QED) is 0.519. The van der Waals surface area contributed by atoms with Crippen molar-refractivity contribution < 1.29 is 18.8 Å². The largest absolute Gasteiger partial charge is 0.349 e. The van der Waals surface area contributed by atoms with E-state index in [0.29, 0.717) is 12.2 Å². The molecule has 3 aromatic rings. The van der Waals surface area contributed by atoms with Crippen molar-refractivity contribution in [2.75, 3.05) is 13.1 Å². The lowest BCUT2D eigenvalue weighted by Crippen LogP contribution is -2.53. The molecule has 1 unspecified atom stereocenters. The molecule has 0 spiro atoms. The molecule has 1 atom stereocenters. The molecular weight excluding hydrogens is 487 g/mol. The van der Waals surface area contributed by atoms with Crippen molar-refractivity contribution >= 4 is 17.7 Å². The maximum Gasteiger partial charge on any atom is 0.274 e. The van der Waals surface area contributed by atoms with Crippen LogP contribution in [0.25, 0.3) is 0 Å². The SMILES string of the molecule is Cn1nc(C(C)(C)C)cc1C(=O)N1CCN(C(=O)c2cccc(F)c2)C1C(=O)NCc1cccc(CN)c1. The first-order valence-electron chi connectivity index (χ1n) is 12.5. The number of carbonyl (C=O) groups excluding carboxylic acids is 3. The second kappa shape index (κ2) is 10.7. The van der Waals surface area contributed by atoms with Crippen molar-refractivity contribution in [3.05, 3.63) is 88.5 Å². The van der Waals surface area contributed by atoms with Gasteiger partial charge in [-0.25, -0.2) is 4.39 Å². The molecule has 0 radical (unpaired) electrons. The molecule has 2 heterocycles. The van der Waals surface area contributed by atoms with Crippen LogP contribution in [-0.4, -0.2) is 56.6 Å². The fourth-order valence-corrected chi connectivity index (χ4v) is 4.45. The summed E-state index contributed by atoms with van der Waals surface area (Å²) < 4.78 is 15.4. The first-order chi connectivity index (χ1) is 18.0. The Hall–Kier alpha value is -4.05. The molecule has 0 bridgehead atoms. The van der Waals surface area contributed by atoms with Crippen LogP contribution in [0.4, 0.5) is 4.39 Å². The summed E-state index contributed by atoms with van der Waals surface area (Å²) in [4.78, 5) is 43.3. The van der Waals surface area contributed by atoms with E-state index < -0.39 is 29.7 Å². The van der Waals surface area contributed by atoms with Crippen LogP contribution in [0.1, 0.15) is 58.4 Å². The number of aromatic nitrogens is 2. The zero-order valence-corrected chi connectivity index (χ0v) is 22.1. The standard InChI is InChI=1S/C28H33FN6O3/c1-28(2,3)23-15-22(33(4)32-23)27(38)35-12-11-34(26(37)20-9-6-10-21(29)14-20)25(35)24(36)31-17-19-8-5-7-18(13-19)16-30/h5-10,13-15,25H,11-12,16-17,30H2,1-4H3,(H,31,36). The Morgan fingerprint density at radius 2 is 1.66 bits per heavy atom. The van der Waals surface area contributed by atoms with Crippen LogP contribution >= 0.6 is 0 Å². The number of nitrogens with zero attached hydrogens (tertiary/aromatic N) is 4. The van der Waals surface area contributed by atoms with Gasteiger partial charge < -0.3 is 20.9 Å². The van der Waals surface area contributed by atoms with Gasteiger partial charge >= 0.3 is 0 Å². The molecule has 1 aliphatic heterocycles. The molecule has 1 saturated heterocycles. The van der Waals surface area contributed by atoms with Gasteiger partial charge in [-0.2, -0.15) is 5.10 Å². The topological polar surface area (TPSA) is 114 Å². The Labute approximate surface area is 221 Å². The number of hydrogen-bond acceptors (Lipinski definition) is 5. The van der Waals surface area contributed by atoms with Crippen LogP contribution in [0.3, 0.4) is 0 Å². The third-order valence-corrected chi connectivity index (χ3v) is 6.56. The fraction of sp³-hybridized carbons (Fsp3) is 0.357. The number of rotatable bonds is 6. The Morgan fingerprint density at radius 3 is 2.29 bits per heavy atom. The van der Waals surface area contributed by atoms with Crippen LogP contribution in [0.15, 0.2) is 54.6 Å². The van der Waals surface area contributed by atoms with Gasteiger partial charge in [0.25, 0.3) is 17.7 Å². The van der Waals surface area contributed by atoms with Gasteiger partial charge in [0.15, 0.2) is 6.17 Å². The molecule has 0 saturated carbocycles. The number of hydrogen-bond donors (Lipinski definition) is 2. The van der Waals surface area contributed by atoms with Crippen molar-refractivity contribution in [1.29, 1.82) is 0 Å². The van der Waals surface area contributed by atoms with Crippen LogP contribution in [0.2, 0.25) is 0 Å². The molecule has 3 amide bonds. The zero-order valence-electron chi connectivity index (χ0n) is 22.1. The molecule has 10 heteroatoms. The molecule has 3 N–H and O–H groups in total. The first-order valence-corrected chi connectivity index (χ1v) is 12.5. The number of amides is 3. The normalized spacial score (nSPS) is 15.6. The van der Waals surface area contributed by atoms with E-state index >= 15 is 0 Å². The Morgan fingerprint density at radius 1 is 1.00 bits per heavy atom. The second-order valence-electron chi connectivity index (χ2n) is 10.4. The zero-order chi connectivity index (χ0) is 27.6. The second-order valence-corrected chi connectivity index (χ2v) is 10.4. The summed E-state index contributed by atoms with van der Waals surface area (Å²) in [6.45, 7) is 6.79. The van der Waals surface area contributed by atoms with Crippen molar-refractivity contribution in [3.63, 3.8) is 0 Å². The number of aryl methyl sites for hydroxylation is 1. The number of halogens is 1. The van der Waals surface area contributed by atoms with E-state index in [2.05, 4.69) is 10.4 Å². The molecule has 2 aromatic carbocycles. The van der Waals surface area contributed by atoms with Crippen LogP contribution in [0, 0.1) is 5.82 Å². The minimum atomic E-state index is -1.22. The average molecular weight is 521 g/mol. The van der Waals surface area contributed by atoms with Crippen molar-refractivity contribution in [3.8, 4) is 0 Å². The van der Waals surface area contributed by atoms with E-state index in [1.54, 1.807) is 13.1 Å². The molecule has 200 valence electrons. The Balaban J connectivity index is 1.64. The van der Waals surface area contributed by atoms with Crippen molar-refractivity contribution in [1.82, 2.24) is 24.9 Å². The van der Waals surface area contributed by atoms with Crippen molar-refractivity contribution in [2.45, 2.75) is 45.4 Å². The third-order valence-electron chi connectivity index (χ3n) is 6.56. The van der Waals surface area contributed by atoms with Gasteiger partial charge in [-0.05, 0) is 35.4 Å². The highest BCUT2D eigenvalue weighted by molar-refractivity contribution is 6.01. The first kappa shape index (κ1) is 27.0. The van der Waals surface area contributed by atoms with E-state index in [1.165, 1.54) is 32.7 Å². The fourth-order valence-electron chi connectivity index (χ4n) is 4.45. The van der Waals surface area contributed by atoms with Gasteiger partial charge in [-0.1, -0.05) is 51.1 Å². The van der Waals surface area contributed by atoms with Crippen LogP contribution < -0.4 is 11.1 Å². The molecule has 0 aliphatic carbocycles. The van der Waals surface area contributed by atoms with Crippen LogP contribution in [-0.2, 0) is 30.3 Å². The summed E-state index contributed by atoms with van der Waals surface area (Å²) in [6, 6.07) is 14.5. The predicted octanol–water partition coefficient (Wildman–Crippen LogP) is 2.56. The van der Waals surface area contributed by atoms with E-state index in [-0.39, 0.29) is 30.6 Å². The van der Waals surface area contributed by atoms with Crippen molar-refractivity contribution in [2.24, 2.45) is 12.8 Å². The number of carbonyl (C=O) groups is 3. The molecule has 1 fully saturated rings. The molecular formula is C28H33FN6O3. The van der Waals surface area contributed by atoms with E-state index in [4.69, 9.17) is 5.73 Å². The average Bonchev–Trinajstić information content (AvgIpc) is 3.51. The third kappa shape index (κ3) is 5.60. The molecule has 1 aromatic heterocycles. The van der Waals surface area contributed by atoms with Gasteiger partial charge in [-0.15, -0.1) is 0 Å². The van der Waals surface area contributed by atoms with Gasteiger partial charge in [0, 0.05) is 44.2 Å². The van der Waals surface area contributed by atoms with E-state index in [1.807, 2.05) is 45.0 Å². The molecule has 9 nitrogen and oxygen atoms in total. The number of nitrogens with one attached hydrogen (secondary N) is 1. The van der Waals surface area contributed by atoms with Gasteiger partial charge in [0.2, 0.25) is 0 Å². The lowest BCUT2D eigenvalue weighted by atomic mass is 9.92. The lowest BCUT2D eigenvalue weighted by molar-refractivity contribution is -0.128. The summed E-state index contributed by atoms with van der Waals surface area (Å²) in [7, 11) is 1.67. The predicted molar refractivity (Wildman–Crippen MR) is 140 cm³/mol. The highest BCUT2D eigenvalue weighted by Gasteiger charge is 2.44. The summed E-state index contributed by atoms with van der Waals surface area (Å²) in [6.07, 6.45) is -1.22. The van der Waals surface area contributed by atoms with E-state index in [9.17, 15) is 18.8 Å². The van der Waals surface area contributed by atoms with Gasteiger partial charge in [-0.3, -0.25) is 19.1 Å². The highest BCUT2D eigenvalue weighted by Crippen LogP contribution is 2.25. The lowest BCUT2D eigenvalue weighted by Gasteiger charge is -2.29. The molecule has 1 aliphatic rings. The highest BCUT2D eigenvalue weighted by atomic mass is 19.1. The van der Waals surface area contributed by atoms with Gasteiger partial charge in [0.05, 0.1) is 5.69 Å². The van der Waals surface area contributed by atoms with Gasteiger partial charge in [0.1, 0.15) is 11.5 Å². The maximum absolute atomic E-state index is 13.9. The molecule has 38 heavy (non-hydrogen) atoms. The summed E-state index contributed by atoms with van der Waals surface area (Å²) >= 11 is 0. The van der Waals surface area contributed by atoms with E-state index in [0.717, 1.165) is 22.9 Å². The maximum atomic E-state index is 13.9. The summed E-state index contributed by atoms with van der Waals surface area (Å²) in [5, 5.41) is 7.34. The minimum absolute atomic E-state index is 0.100. The summed E-state index contributed by atoms with van der Waals surface area (Å²) in [5.41, 5.74) is 8.34. The number of benzene rings is 2. The monoisotopic (exact) mass is 520 g/mol. The smallest absolute Gasteiger partial charge is 0.274 e. The Kier molecular flexibility index (Phi) is 7.63. The minimum Gasteiger partial charge on any atom is -0.349 e. The summed E-state index contributed by atoms with van der Waals surface area (Å²) in [5.74, 6) is -2.04.